The second-order valence-corrected chi connectivity index (χ2v) is 7.25. The highest BCUT2D eigenvalue weighted by Crippen LogP contribution is 2.33. The van der Waals surface area contributed by atoms with Crippen molar-refractivity contribution in [2.45, 2.75) is 32.3 Å². The number of pyridine rings is 1. The van der Waals surface area contributed by atoms with Crippen molar-refractivity contribution < 1.29 is 9.53 Å². The molecule has 1 atom stereocenters. The molecule has 3 aromatic rings. The van der Waals surface area contributed by atoms with Crippen LogP contribution in [0.4, 0.5) is 5.13 Å². The highest BCUT2D eigenvalue weighted by Gasteiger charge is 2.19. The van der Waals surface area contributed by atoms with E-state index in [0.717, 1.165) is 29.0 Å². The molecule has 1 unspecified atom stereocenters. The van der Waals surface area contributed by atoms with E-state index in [9.17, 15) is 4.79 Å². The molecule has 2 aromatic heterocycles. The second kappa shape index (κ2) is 7.25. The zero-order chi connectivity index (χ0) is 17.9. The van der Waals surface area contributed by atoms with E-state index in [-0.39, 0.29) is 12.0 Å². The fourth-order valence-electron chi connectivity index (χ4n) is 3.03. The number of rotatable bonds is 5. The van der Waals surface area contributed by atoms with Crippen molar-refractivity contribution in [3.8, 4) is 17.0 Å². The molecule has 3 heterocycles. The normalized spacial score (nSPS) is 15.3. The standard InChI is InChI=1S/C20H19N3O2S/c1-13-10-16-11-15(3-4-18(16)25-13)17-12-26-20(22-17)23-19(24)5-2-14-6-8-21-9-7-14/h3-4,6-9,11-13H,2,5,10H2,1H3,(H,22,23,24). The third-order valence-corrected chi connectivity index (χ3v) is 5.09. The van der Waals surface area contributed by atoms with Crippen molar-refractivity contribution in [2.75, 3.05) is 5.32 Å². The molecule has 1 aliphatic heterocycles. The van der Waals surface area contributed by atoms with E-state index in [1.165, 1.54) is 16.9 Å². The van der Waals surface area contributed by atoms with E-state index >= 15 is 0 Å². The molecule has 0 bridgehead atoms. The van der Waals surface area contributed by atoms with Crippen LogP contribution in [0.2, 0.25) is 0 Å². The molecule has 4 rings (SSSR count). The minimum atomic E-state index is -0.0288. The van der Waals surface area contributed by atoms with Crippen molar-refractivity contribution >= 4 is 22.4 Å². The van der Waals surface area contributed by atoms with Gasteiger partial charge in [0.1, 0.15) is 11.9 Å². The molecule has 6 heteroatoms. The minimum absolute atomic E-state index is 0.0288. The van der Waals surface area contributed by atoms with Gasteiger partial charge in [0.25, 0.3) is 0 Å². The van der Waals surface area contributed by atoms with E-state index in [1.807, 2.05) is 29.6 Å². The zero-order valence-corrected chi connectivity index (χ0v) is 15.3. The Morgan fingerprint density at radius 2 is 2.15 bits per heavy atom. The van der Waals surface area contributed by atoms with Crippen molar-refractivity contribution in [1.82, 2.24) is 9.97 Å². The van der Waals surface area contributed by atoms with E-state index < -0.39 is 0 Å². The van der Waals surface area contributed by atoms with E-state index in [1.54, 1.807) is 12.4 Å². The van der Waals surface area contributed by atoms with Crippen LogP contribution >= 0.6 is 11.3 Å². The maximum Gasteiger partial charge on any atom is 0.226 e. The Kier molecular flexibility index (Phi) is 4.67. The average Bonchev–Trinajstić information content (AvgIpc) is 3.25. The maximum atomic E-state index is 12.1. The number of carbonyl (C=O) groups is 1. The summed E-state index contributed by atoms with van der Waals surface area (Å²) in [5, 5.41) is 5.49. The van der Waals surface area contributed by atoms with E-state index in [0.29, 0.717) is 18.0 Å². The molecule has 1 N–H and O–H groups in total. The second-order valence-electron chi connectivity index (χ2n) is 6.40. The lowest BCUT2D eigenvalue weighted by atomic mass is 10.1. The van der Waals surface area contributed by atoms with Crippen LogP contribution in [0.25, 0.3) is 11.3 Å². The van der Waals surface area contributed by atoms with Gasteiger partial charge in [0, 0.05) is 36.2 Å². The lowest BCUT2D eigenvalue weighted by Gasteiger charge is -2.03. The van der Waals surface area contributed by atoms with Crippen LogP contribution in [0.5, 0.6) is 5.75 Å². The number of anilines is 1. The van der Waals surface area contributed by atoms with Crippen LogP contribution in [0.1, 0.15) is 24.5 Å². The SMILES string of the molecule is CC1Cc2cc(-c3csc(NC(=O)CCc4ccncc4)n3)ccc2O1. The number of nitrogens with zero attached hydrogens (tertiary/aromatic N) is 2. The van der Waals surface area contributed by atoms with E-state index in [2.05, 4.69) is 28.3 Å². The van der Waals surface area contributed by atoms with Crippen molar-refractivity contribution in [2.24, 2.45) is 0 Å². The number of ether oxygens (including phenoxy) is 1. The summed E-state index contributed by atoms with van der Waals surface area (Å²) in [4.78, 5) is 20.7. The molecule has 0 saturated carbocycles. The van der Waals surface area contributed by atoms with Crippen molar-refractivity contribution in [3.63, 3.8) is 0 Å². The predicted molar refractivity (Wildman–Crippen MR) is 103 cm³/mol. The molecule has 1 aromatic carbocycles. The molecule has 0 spiro atoms. The first-order valence-electron chi connectivity index (χ1n) is 8.61. The van der Waals surface area contributed by atoms with Crippen LogP contribution in [0.15, 0.2) is 48.1 Å². The van der Waals surface area contributed by atoms with Crippen molar-refractivity contribution in [3.05, 3.63) is 59.2 Å². The summed E-state index contributed by atoms with van der Waals surface area (Å²) in [5.41, 5.74) is 4.24. The fraction of sp³-hybridized carbons (Fsp3) is 0.250. The summed E-state index contributed by atoms with van der Waals surface area (Å²) in [6, 6.07) is 9.99. The topological polar surface area (TPSA) is 64.1 Å². The van der Waals surface area contributed by atoms with Crippen LogP contribution < -0.4 is 10.1 Å². The monoisotopic (exact) mass is 365 g/mol. The number of amides is 1. The molecule has 132 valence electrons. The third-order valence-electron chi connectivity index (χ3n) is 4.33. The number of nitrogens with one attached hydrogen (secondary N) is 1. The van der Waals surface area contributed by atoms with Gasteiger partial charge in [-0.2, -0.15) is 0 Å². The molecule has 26 heavy (non-hydrogen) atoms. The van der Waals surface area contributed by atoms with Gasteiger partial charge in [-0.3, -0.25) is 9.78 Å². The van der Waals surface area contributed by atoms with Crippen LogP contribution in [0, 0.1) is 0 Å². The third kappa shape index (κ3) is 3.75. The highest BCUT2D eigenvalue weighted by atomic mass is 32.1. The lowest BCUT2D eigenvalue weighted by Crippen LogP contribution is -2.12. The average molecular weight is 365 g/mol. The Morgan fingerprint density at radius 3 is 3.00 bits per heavy atom. The smallest absolute Gasteiger partial charge is 0.226 e. The molecule has 0 fully saturated rings. The number of hydrogen-bond acceptors (Lipinski definition) is 5. The van der Waals surface area contributed by atoms with Gasteiger partial charge in [-0.05, 0) is 54.8 Å². The summed E-state index contributed by atoms with van der Waals surface area (Å²) in [6.45, 7) is 2.07. The maximum absolute atomic E-state index is 12.1. The Morgan fingerprint density at radius 1 is 1.31 bits per heavy atom. The number of aromatic nitrogens is 2. The largest absolute Gasteiger partial charge is 0.490 e. The Balaban J connectivity index is 1.39. The van der Waals surface area contributed by atoms with Gasteiger partial charge < -0.3 is 10.1 Å². The molecule has 0 radical (unpaired) electrons. The Hall–Kier alpha value is -2.73. The van der Waals surface area contributed by atoms with Crippen LogP contribution in [0.3, 0.4) is 0 Å². The van der Waals surface area contributed by atoms with Gasteiger partial charge in [0.15, 0.2) is 5.13 Å². The fourth-order valence-corrected chi connectivity index (χ4v) is 3.77. The van der Waals surface area contributed by atoms with E-state index in [4.69, 9.17) is 4.74 Å². The number of aryl methyl sites for hydroxylation is 1. The van der Waals surface area contributed by atoms with Crippen LogP contribution in [-0.2, 0) is 17.6 Å². The van der Waals surface area contributed by atoms with Crippen molar-refractivity contribution in [1.29, 1.82) is 0 Å². The first kappa shape index (κ1) is 16.7. The molecule has 0 saturated heterocycles. The summed E-state index contributed by atoms with van der Waals surface area (Å²) < 4.78 is 5.74. The number of fused-ring (bicyclic) bond motifs is 1. The Bertz CT molecular complexity index is 924. The molecule has 0 aliphatic carbocycles. The minimum Gasteiger partial charge on any atom is -0.490 e. The number of benzene rings is 1. The summed E-state index contributed by atoms with van der Waals surface area (Å²) in [7, 11) is 0. The zero-order valence-electron chi connectivity index (χ0n) is 14.4. The van der Waals surface area contributed by atoms with Gasteiger partial charge in [-0.15, -0.1) is 11.3 Å². The molecule has 1 amide bonds. The van der Waals surface area contributed by atoms with Gasteiger partial charge in [0.05, 0.1) is 5.69 Å². The summed E-state index contributed by atoms with van der Waals surface area (Å²) >= 11 is 1.44. The number of carbonyl (C=O) groups excluding carboxylic acids is 1. The number of thiazole rings is 1. The first-order chi connectivity index (χ1) is 12.7. The van der Waals surface area contributed by atoms with Crippen LogP contribution in [-0.4, -0.2) is 22.0 Å². The highest BCUT2D eigenvalue weighted by molar-refractivity contribution is 7.14. The molecular weight excluding hydrogens is 346 g/mol. The molecule has 1 aliphatic rings. The molecule has 5 nitrogen and oxygen atoms in total. The first-order valence-corrected chi connectivity index (χ1v) is 9.49. The van der Waals surface area contributed by atoms with Gasteiger partial charge >= 0.3 is 0 Å². The summed E-state index contributed by atoms with van der Waals surface area (Å²) in [5.74, 6) is 0.931. The molecular formula is C20H19N3O2S. The number of hydrogen-bond donors (Lipinski definition) is 1. The summed E-state index contributed by atoms with van der Waals surface area (Å²) in [6.07, 6.45) is 5.74. The lowest BCUT2D eigenvalue weighted by molar-refractivity contribution is -0.116. The quantitative estimate of drug-likeness (QED) is 0.739. The van der Waals surface area contributed by atoms with Gasteiger partial charge in [-0.25, -0.2) is 4.98 Å². The Labute approximate surface area is 156 Å². The van der Waals surface area contributed by atoms with Gasteiger partial charge in [-0.1, -0.05) is 0 Å². The van der Waals surface area contributed by atoms with Gasteiger partial charge in [0.2, 0.25) is 5.91 Å². The predicted octanol–water partition coefficient (Wildman–Crippen LogP) is 4.10.